The summed E-state index contributed by atoms with van der Waals surface area (Å²) < 4.78 is 22.2. The van der Waals surface area contributed by atoms with Crippen molar-refractivity contribution in [2.24, 2.45) is 0 Å². The lowest BCUT2D eigenvalue weighted by atomic mass is 10.0. The van der Waals surface area contributed by atoms with Gasteiger partial charge in [-0.15, -0.1) is 5.10 Å². The Hall–Kier alpha value is -5.67. The average Bonchev–Trinajstić information content (AvgIpc) is 4.05. The Kier molecular flexibility index (Phi) is 9.75. The molecule has 4 unspecified atom stereocenters. The van der Waals surface area contributed by atoms with Crippen molar-refractivity contribution in [2.45, 2.75) is 98.5 Å². The number of unbranched alkanes of at least 4 members (excludes halogenated alkanes) is 1. The summed E-state index contributed by atoms with van der Waals surface area (Å²) in [6, 6.07) is -1.000. The van der Waals surface area contributed by atoms with E-state index in [-0.39, 0.29) is 70.4 Å². The van der Waals surface area contributed by atoms with Gasteiger partial charge in [-0.3, -0.25) is 33.5 Å². The highest BCUT2D eigenvalue weighted by Crippen LogP contribution is 2.39. The van der Waals surface area contributed by atoms with Crippen molar-refractivity contribution in [3.05, 3.63) is 45.3 Å². The Balaban J connectivity index is 0.921. The summed E-state index contributed by atoms with van der Waals surface area (Å²) in [5, 5.41) is 48.0. The molecule has 0 aromatic carbocycles. The van der Waals surface area contributed by atoms with Crippen molar-refractivity contribution < 1.29 is 39.1 Å². The van der Waals surface area contributed by atoms with Crippen LogP contribution in [-0.4, -0.2) is 142 Å². The zero-order chi connectivity index (χ0) is 40.4. The predicted molar refractivity (Wildman–Crippen MR) is 199 cm³/mol. The minimum Gasteiger partial charge on any atom is -0.457 e. The van der Waals surface area contributed by atoms with Crippen molar-refractivity contribution >= 4 is 58.0 Å². The predicted octanol–water partition coefficient (Wildman–Crippen LogP) is -3.06. The van der Waals surface area contributed by atoms with E-state index in [4.69, 9.17) is 25.7 Å². The number of ether oxygens (including phenoxy) is 3. The number of hydrogen-bond donors (Lipinski definition) is 9. The van der Waals surface area contributed by atoms with E-state index in [1.54, 1.807) is 11.8 Å². The zero-order valence-corrected chi connectivity index (χ0v) is 31.1. The number of nitrogen functional groups attached to an aromatic ring is 2. The van der Waals surface area contributed by atoms with Gasteiger partial charge in [-0.2, -0.15) is 21.7 Å². The second-order valence-electron chi connectivity index (χ2n) is 14.6. The van der Waals surface area contributed by atoms with E-state index < -0.39 is 72.7 Å². The number of anilines is 2. The number of aliphatic hydroxyl groups excluding tert-OH is 3. The number of carbonyl (C=O) groups excluding carboxylic acids is 2. The number of fused-ring (bicyclic) bond motifs is 3. The lowest BCUT2D eigenvalue weighted by molar-refractivity contribution is -0.155. The molecule has 4 fully saturated rings. The average molecular weight is 826 g/mol. The lowest BCUT2D eigenvalue weighted by Crippen LogP contribution is -2.37. The van der Waals surface area contributed by atoms with E-state index >= 15 is 0 Å². The third-order valence-corrected chi connectivity index (χ3v) is 12.4. The van der Waals surface area contributed by atoms with Crippen LogP contribution in [0.15, 0.2) is 28.4 Å². The van der Waals surface area contributed by atoms with Gasteiger partial charge in [-0.25, -0.2) is 19.4 Å². The van der Waals surface area contributed by atoms with Gasteiger partial charge in [0.05, 0.1) is 37.0 Å². The van der Waals surface area contributed by atoms with E-state index in [0.29, 0.717) is 18.5 Å². The molecular weight excluding hydrogens is 787 g/mol. The number of imidazole rings is 2. The van der Waals surface area contributed by atoms with E-state index in [0.717, 1.165) is 12.2 Å². The van der Waals surface area contributed by atoms with E-state index in [2.05, 4.69) is 50.8 Å². The van der Waals surface area contributed by atoms with Crippen LogP contribution in [0.2, 0.25) is 0 Å². The summed E-state index contributed by atoms with van der Waals surface area (Å²) in [6.07, 6.45) is -2.36. The van der Waals surface area contributed by atoms with Gasteiger partial charge in [0.15, 0.2) is 40.9 Å². The van der Waals surface area contributed by atoms with Crippen molar-refractivity contribution in [1.82, 2.24) is 64.7 Å². The van der Waals surface area contributed by atoms with Crippen molar-refractivity contribution in [3.8, 4) is 0 Å². The number of nitrogens with two attached hydrogens (primary N) is 2. The summed E-state index contributed by atoms with van der Waals surface area (Å²) in [5.74, 6) is -0.0963. The molecule has 0 aliphatic carbocycles. The maximum atomic E-state index is 13.3. The summed E-state index contributed by atoms with van der Waals surface area (Å²) in [5.41, 5.74) is 10.7. The summed E-state index contributed by atoms with van der Waals surface area (Å²) in [4.78, 5) is 71.2. The van der Waals surface area contributed by atoms with Crippen LogP contribution < -0.4 is 33.2 Å². The van der Waals surface area contributed by atoms with Crippen LogP contribution in [0.4, 0.5) is 16.7 Å². The molecule has 308 valence electrons. The number of aromatic amines is 2. The number of H-pyrrole nitrogens is 2. The number of rotatable bonds is 12. The summed E-state index contributed by atoms with van der Waals surface area (Å²) >= 11 is 1.78. The molecule has 58 heavy (non-hydrogen) atoms. The molecule has 25 nitrogen and oxygen atoms in total. The van der Waals surface area contributed by atoms with E-state index in [1.165, 1.54) is 32.7 Å². The van der Waals surface area contributed by atoms with Crippen LogP contribution in [0.3, 0.4) is 0 Å². The Labute approximate surface area is 328 Å². The monoisotopic (exact) mass is 825 g/mol. The molecule has 11 N–H and O–H groups in total. The van der Waals surface area contributed by atoms with Gasteiger partial charge in [0.2, 0.25) is 11.9 Å². The Morgan fingerprint density at radius 3 is 2.26 bits per heavy atom. The van der Waals surface area contributed by atoms with E-state index in [1.807, 2.05) is 0 Å². The molecule has 11 atom stereocenters. The molecule has 0 radical (unpaired) electrons. The highest BCUT2D eigenvalue weighted by atomic mass is 32.2. The number of aromatic nitrogens is 11. The number of hydrogen-bond acceptors (Lipinski definition) is 19. The van der Waals surface area contributed by atoms with Crippen LogP contribution in [0.25, 0.3) is 22.3 Å². The Bertz CT molecular complexity index is 2490. The first-order chi connectivity index (χ1) is 28.0. The molecule has 4 aliphatic heterocycles. The second-order valence-corrected chi connectivity index (χ2v) is 15.8. The quantitative estimate of drug-likeness (QED) is 0.0342. The molecule has 4 aliphatic rings. The molecule has 5 aromatic rings. The van der Waals surface area contributed by atoms with Gasteiger partial charge in [0.1, 0.15) is 30.5 Å². The third-order valence-electron chi connectivity index (χ3n) is 10.9. The van der Waals surface area contributed by atoms with Gasteiger partial charge in [0.25, 0.3) is 11.1 Å². The maximum absolute atomic E-state index is 13.3. The fourth-order valence-corrected chi connectivity index (χ4v) is 9.73. The number of thioether (sulfide) groups is 1. The molecule has 5 aromatic heterocycles. The number of nitrogens with one attached hydrogen (secondary N) is 4. The molecule has 26 heteroatoms. The largest absolute Gasteiger partial charge is 0.457 e. The highest BCUT2D eigenvalue weighted by Gasteiger charge is 2.50. The number of aliphatic hydroxyl groups is 3. The molecular formula is C32H39N15O10S. The molecule has 9 heterocycles. The van der Waals surface area contributed by atoms with Crippen LogP contribution in [0, 0.1) is 0 Å². The van der Waals surface area contributed by atoms with Crippen LogP contribution in [0.1, 0.15) is 49.9 Å². The lowest BCUT2D eigenvalue weighted by Gasteiger charge is -2.21. The van der Waals surface area contributed by atoms with Crippen molar-refractivity contribution in [1.29, 1.82) is 0 Å². The Morgan fingerprint density at radius 1 is 0.931 bits per heavy atom. The van der Waals surface area contributed by atoms with Crippen LogP contribution in [-0.2, 0) is 25.4 Å². The maximum Gasteiger partial charge on any atom is 0.315 e. The summed E-state index contributed by atoms with van der Waals surface area (Å²) in [7, 11) is 0. The Morgan fingerprint density at radius 2 is 1.59 bits per heavy atom. The fraction of sp³-hybridized carbons (Fsp3) is 0.562. The molecule has 0 spiro atoms. The molecule has 0 saturated carbocycles. The molecule has 4 saturated heterocycles. The zero-order valence-electron chi connectivity index (χ0n) is 30.3. The molecule has 9 rings (SSSR count). The fourth-order valence-electron chi connectivity index (χ4n) is 8.18. The number of amides is 2. The first kappa shape index (κ1) is 37.9. The second kappa shape index (κ2) is 14.9. The minimum atomic E-state index is -1.46. The van der Waals surface area contributed by atoms with Crippen molar-refractivity contribution in [3.63, 3.8) is 0 Å². The number of carbonyl (C=O) groups is 2. The first-order valence-electron chi connectivity index (χ1n) is 18.5. The normalized spacial score (nSPS) is 30.6. The van der Waals surface area contributed by atoms with Gasteiger partial charge < -0.3 is 51.6 Å². The minimum absolute atomic E-state index is 0.0293. The van der Waals surface area contributed by atoms with Gasteiger partial charge in [-0.1, -0.05) is 11.6 Å². The highest BCUT2D eigenvalue weighted by molar-refractivity contribution is 8.00. The standard InChI is InChI=1S/C32H39N15O10S/c33-30-39-24-18(26(52)41-30)35-9-45(24)28-21(50)20(14(7-48)56-28)47-6-11(43-44-47)5-13-23(22(51)29(55-13)46-10-36-19-25(46)40-31(34)42-27(19)53)57-16(49)4-2-1-3-15-17-12(8-58-15)37-32(54)38-17/h6,9-10,12-15,17,20-23,28-29,48,50-51H,1-5,7-8H2,(H2,37,38,54)(H3,33,39,41,52)(H3,34,40,42,53)/t12-,13?,14+,15-,17-,20+,21+,22?,23?,28+,29?/m0/s1. The summed E-state index contributed by atoms with van der Waals surface area (Å²) in [6.45, 7) is -0.525. The number of urea groups is 1. The van der Waals surface area contributed by atoms with Crippen molar-refractivity contribution in [2.75, 3.05) is 23.8 Å². The van der Waals surface area contributed by atoms with E-state index in [9.17, 15) is 34.5 Å². The number of esters is 1. The topological polar surface area (TPSA) is 356 Å². The van der Waals surface area contributed by atoms with Gasteiger partial charge in [-0.05, 0) is 12.8 Å². The van der Waals surface area contributed by atoms with Gasteiger partial charge in [0, 0.05) is 30.0 Å². The van der Waals surface area contributed by atoms with Gasteiger partial charge >= 0.3 is 12.0 Å². The first-order valence-corrected chi connectivity index (χ1v) is 19.5. The number of nitrogens with zero attached hydrogens (tertiary/aromatic N) is 9. The molecule has 2 amide bonds. The smallest absolute Gasteiger partial charge is 0.315 e. The van der Waals surface area contributed by atoms with Crippen LogP contribution in [0.5, 0.6) is 0 Å². The third kappa shape index (κ3) is 6.69. The SMILES string of the molecule is Nc1nc2c(ncn2C2OC(Cc3cn([C@H]4[C@@H](O)[C@H](n5cnc6c(=O)[nH]c(N)nc65)O[C@@H]4CO)nn3)C(OC(=O)CCCC[C@@H]3SC[C@@H]4NC(=O)N[C@@H]43)C2O)c(=O)[nH]1. The van der Waals surface area contributed by atoms with Crippen LogP contribution >= 0.6 is 11.8 Å². The molecule has 0 bridgehead atoms.